The van der Waals surface area contributed by atoms with E-state index in [4.69, 9.17) is 5.73 Å². The molecule has 1 fully saturated rings. The third kappa shape index (κ3) is 2.57. The fraction of sp³-hybridized carbons (Fsp3) is 0.714. The van der Waals surface area contributed by atoms with Gasteiger partial charge in [0.15, 0.2) is 0 Å². The lowest BCUT2D eigenvalue weighted by Crippen LogP contribution is -2.36. The van der Waals surface area contributed by atoms with Gasteiger partial charge in [0.25, 0.3) is 0 Å². The van der Waals surface area contributed by atoms with E-state index < -0.39 is 6.03 Å². The van der Waals surface area contributed by atoms with Crippen LogP contribution in [0.15, 0.2) is 0 Å². The van der Waals surface area contributed by atoms with Gasteiger partial charge in [-0.15, -0.1) is 0 Å². The molecule has 0 bridgehead atoms. The van der Waals surface area contributed by atoms with E-state index in [0.29, 0.717) is 12.3 Å². The molecule has 4 heteroatoms. The van der Waals surface area contributed by atoms with Crippen LogP contribution in [-0.2, 0) is 4.79 Å². The van der Waals surface area contributed by atoms with Gasteiger partial charge < -0.3 is 5.73 Å². The Morgan fingerprint density at radius 2 is 2.09 bits per heavy atom. The molecule has 11 heavy (non-hydrogen) atoms. The maximum atomic E-state index is 10.8. The van der Waals surface area contributed by atoms with Gasteiger partial charge in [0.1, 0.15) is 0 Å². The topological polar surface area (TPSA) is 72.2 Å². The van der Waals surface area contributed by atoms with Gasteiger partial charge in [-0.2, -0.15) is 0 Å². The molecule has 0 radical (unpaired) electrons. The Kier molecular flexibility index (Phi) is 2.46. The van der Waals surface area contributed by atoms with Gasteiger partial charge in [0, 0.05) is 6.42 Å². The normalized spacial score (nSPS) is 17.1. The van der Waals surface area contributed by atoms with Crippen LogP contribution in [0.2, 0.25) is 0 Å². The summed E-state index contributed by atoms with van der Waals surface area (Å²) in [5, 5.41) is 2.04. The summed E-state index contributed by atoms with van der Waals surface area (Å²) in [6.45, 7) is 0. The van der Waals surface area contributed by atoms with Gasteiger partial charge in [-0.05, 0) is 18.8 Å². The Morgan fingerprint density at radius 1 is 1.45 bits per heavy atom. The highest BCUT2D eigenvalue weighted by atomic mass is 16.2. The van der Waals surface area contributed by atoms with Crippen molar-refractivity contribution in [2.45, 2.75) is 25.7 Å². The summed E-state index contributed by atoms with van der Waals surface area (Å²) < 4.78 is 0. The molecule has 62 valence electrons. The minimum Gasteiger partial charge on any atom is -0.351 e. The van der Waals surface area contributed by atoms with Gasteiger partial charge in [-0.3, -0.25) is 10.1 Å². The lowest BCUT2D eigenvalue weighted by atomic mass is 9.83. The summed E-state index contributed by atoms with van der Waals surface area (Å²) in [5.41, 5.74) is 4.76. The summed E-state index contributed by atoms with van der Waals surface area (Å²) >= 11 is 0. The number of carbonyl (C=O) groups excluding carboxylic acids is 2. The average molecular weight is 156 g/mol. The van der Waals surface area contributed by atoms with Crippen LogP contribution in [0, 0.1) is 5.92 Å². The molecule has 0 spiro atoms. The first-order valence-electron chi connectivity index (χ1n) is 3.78. The fourth-order valence-corrected chi connectivity index (χ4v) is 1.15. The molecule has 1 rings (SSSR count). The fourth-order valence-electron chi connectivity index (χ4n) is 1.15. The number of rotatable bonds is 2. The first-order valence-corrected chi connectivity index (χ1v) is 3.78. The molecule has 0 atom stereocenters. The molecule has 0 aromatic heterocycles. The number of imide groups is 1. The Bertz CT molecular complexity index is 175. The number of carbonyl (C=O) groups is 2. The zero-order valence-electron chi connectivity index (χ0n) is 6.30. The van der Waals surface area contributed by atoms with Crippen LogP contribution in [0.25, 0.3) is 0 Å². The smallest absolute Gasteiger partial charge is 0.318 e. The number of hydrogen-bond donors (Lipinski definition) is 2. The van der Waals surface area contributed by atoms with E-state index in [1.54, 1.807) is 0 Å². The first kappa shape index (κ1) is 8.04. The number of nitrogens with two attached hydrogens (primary N) is 1. The SMILES string of the molecule is NC(=O)NC(=O)CC1CCC1. The van der Waals surface area contributed by atoms with Crippen LogP contribution in [-0.4, -0.2) is 11.9 Å². The van der Waals surface area contributed by atoms with Gasteiger partial charge in [0.2, 0.25) is 5.91 Å². The summed E-state index contributed by atoms with van der Waals surface area (Å²) in [6, 6.07) is -0.755. The molecule has 0 unspecified atom stereocenters. The van der Waals surface area contributed by atoms with E-state index in [1.807, 2.05) is 5.32 Å². The van der Waals surface area contributed by atoms with Crippen molar-refractivity contribution in [1.29, 1.82) is 0 Å². The number of urea groups is 1. The van der Waals surface area contributed by atoms with Crippen molar-refractivity contribution < 1.29 is 9.59 Å². The highest BCUT2D eigenvalue weighted by molar-refractivity contribution is 5.93. The van der Waals surface area contributed by atoms with Gasteiger partial charge in [-0.25, -0.2) is 4.79 Å². The number of amides is 3. The highest BCUT2D eigenvalue weighted by Gasteiger charge is 2.20. The molecular weight excluding hydrogens is 144 g/mol. The van der Waals surface area contributed by atoms with E-state index in [-0.39, 0.29) is 5.91 Å². The number of nitrogens with one attached hydrogen (secondary N) is 1. The molecule has 1 aliphatic rings. The number of hydrogen-bond acceptors (Lipinski definition) is 2. The average Bonchev–Trinajstić information content (AvgIpc) is 1.77. The predicted molar refractivity (Wildman–Crippen MR) is 39.7 cm³/mol. The molecule has 0 aromatic carbocycles. The van der Waals surface area contributed by atoms with Crippen molar-refractivity contribution in [2.75, 3.05) is 0 Å². The molecule has 0 saturated heterocycles. The van der Waals surface area contributed by atoms with Gasteiger partial charge >= 0.3 is 6.03 Å². The largest absolute Gasteiger partial charge is 0.351 e. The maximum absolute atomic E-state index is 10.8. The zero-order chi connectivity index (χ0) is 8.27. The Hall–Kier alpha value is -1.06. The van der Waals surface area contributed by atoms with E-state index in [0.717, 1.165) is 12.8 Å². The lowest BCUT2D eigenvalue weighted by Gasteiger charge is -2.23. The summed E-state index contributed by atoms with van der Waals surface area (Å²) in [6.07, 6.45) is 3.86. The maximum Gasteiger partial charge on any atom is 0.318 e. The van der Waals surface area contributed by atoms with Crippen molar-refractivity contribution >= 4 is 11.9 Å². The van der Waals surface area contributed by atoms with Crippen LogP contribution < -0.4 is 11.1 Å². The summed E-state index contributed by atoms with van der Waals surface area (Å²) in [4.78, 5) is 21.0. The third-order valence-corrected chi connectivity index (χ3v) is 1.96. The van der Waals surface area contributed by atoms with Crippen LogP contribution in [0.4, 0.5) is 4.79 Å². The molecule has 1 aliphatic carbocycles. The molecule has 0 aliphatic heterocycles. The van der Waals surface area contributed by atoms with E-state index in [1.165, 1.54) is 6.42 Å². The van der Waals surface area contributed by atoms with E-state index in [2.05, 4.69) is 0 Å². The monoisotopic (exact) mass is 156 g/mol. The molecule has 0 heterocycles. The minimum absolute atomic E-state index is 0.248. The van der Waals surface area contributed by atoms with Crippen molar-refractivity contribution in [2.24, 2.45) is 11.7 Å². The van der Waals surface area contributed by atoms with E-state index in [9.17, 15) is 9.59 Å². The second-order valence-electron chi connectivity index (χ2n) is 2.91. The van der Waals surface area contributed by atoms with Crippen molar-refractivity contribution in [3.05, 3.63) is 0 Å². The van der Waals surface area contributed by atoms with Crippen molar-refractivity contribution in [3.8, 4) is 0 Å². The highest BCUT2D eigenvalue weighted by Crippen LogP contribution is 2.28. The predicted octanol–water partition coefficient (Wildman–Crippen LogP) is 0.371. The van der Waals surface area contributed by atoms with Crippen molar-refractivity contribution in [1.82, 2.24) is 5.32 Å². The molecule has 0 aromatic rings. The summed E-state index contributed by atoms with van der Waals surface area (Å²) in [7, 11) is 0. The minimum atomic E-state index is -0.755. The lowest BCUT2D eigenvalue weighted by molar-refractivity contribution is -0.121. The van der Waals surface area contributed by atoms with Gasteiger partial charge in [0.05, 0.1) is 0 Å². The molecule has 3 amide bonds. The molecule has 3 N–H and O–H groups in total. The zero-order valence-corrected chi connectivity index (χ0v) is 6.30. The standard InChI is InChI=1S/C7H12N2O2/c8-7(11)9-6(10)4-5-2-1-3-5/h5H,1-4H2,(H3,8,9,10,11). The van der Waals surface area contributed by atoms with Crippen LogP contribution in [0.1, 0.15) is 25.7 Å². The van der Waals surface area contributed by atoms with Crippen molar-refractivity contribution in [3.63, 3.8) is 0 Å². The van der Waals surface area contributed by atoms with E-state index >= 15 is 0 Å². The van der Waals surface area contributed by atoms with Crippen LogP contribution >= 0.6 is 0 Å². The van der Waals surface area contributed by atoms with Crippen LogP contribution in [0.3, 0.4) is 0 Å². The third-order valence-electron chi connectivity index (χ3n) is 1.96. The second-order valence-corrected chi connectivity index (χ2v) is 2.91. The molecule has 1 saturated carbocycles. The van der Waals surface area contributed by atoms with Gasteiger partial charge in [-0.1, -0.05) is 6.42 Å². The van der Waals surface area contributed by atoms with Crippen LogP contribution in [0.5, 0.6) is 0 Å². The Balaban J connectivity index is 2.14. The molecule has 4 nitrogen and oxygen atoms in total. The molecular formula is C7H12N2O2. The summed E-state index contributed by atoms with van der Waals surface area (Å²) in [5.74, 6) is 0.233. The number of primary amides is 1. The first-order chi connectivity index (χ1) is 5.18. The second kappa shape index (κ2) is 3.37. The Labute approximate surface area is 65.1 Å². The quantitative estimate of drug-likeness (QED) is 0.606. The Morgan fingerprint density at radius 3 is 2.45 bits per heavy atom.